The topological polar surface area (TPSA) is 19.0 Å². The number of likely N-dealkylation sites (N-methyl/N-ethyl adjacent to an activating group) is 1. The third kappa shape index (κ3) is 3.53. The minimum atomic E-state index is 0.474. The summed E-state index contributed by atoms with van der Waals surface area (Å²) in [6, 6.07) is 6.33. The number of benzene rings is 1. The van der Waals surface area contributed by atoms with E-state index in [1.165, 1.54) is 5.69 Å². The zero-order valence-corrected chi connectivity index (χ0v) is 15.3. The van der Waals surface area contributed by atoms with Crippen LogP contribution in [0.3, 0.4) is 0 Å². The fourth-order valence-corrected chi connectivity index (χ4v) is 2.77. The molecule has 23 heavy (non-hydrogen) atoms. The van der Waals surface area contributed by atoms with Crippen LogP contribution in [-0.2, 0) is 0 Å². The lowest BCUT2D eigenvalue weighted by molar-refractivity contribution is 0.588. The van der Waals surface area contributed by atoms with E-state index in [1.807, 2.05) is 38.1 Å². The molecule has 0 saturated heterocycles. The van der Waals surface area contributed by atoms with Crippen molar-refractivity contribution >= 4 is 28.1 Å². The Morgan fingerprint density at radius 2 is 1.87 bits per heavy atom. The number of nitrogens with one attached hydrogen (secondary N) is 1. The zero-order valence-electron chi connectivity index (χ0n) is 14.6. The summed E-state index contributed by atoms with van der Waals surface area (Å²) < 4.78 is 0. The molecule has 0 atom stereocenters. The lowest BCUT2D eigenvalue weighted by Gasteiger charge is -2.20. The Labute approximate surface area is 144 Å². The molecule has 2 heterocycles. The molecular weight excluding hydrogens is 304 g/mol. The van der Waals surface area contributed by atoms with Crippen LogP contribution < -0.4 is 0 Å². The third-order valence-electron chi connectivity index (χ3n) is 3.92. The fraction of sp³-hybridized carbons (Fsp3) is 0.300. The molecule has 0 unspecified atom stereocenters. The van der Waals surface area contributed by atoms with E-state index >= 15 is 0 Å². The quantitative estimate of drug-likeness (QED) is 0.682. The highest BCUT2D eigenvalue weighted by Gasteiger charge is 2.13. The number of aromatic nitrogens is 1. The van der Waals surface area contributed by atoms with Crippen LogP contribution in [0, 0.1) is 0 Å². The van der Waals surface area contributed by atoms with Crippen LogP contribution in [0.1, 0.15) is 44.9 Å². The molecule has 1 aliphatic rings. The average molecular weight is 329 g/mol. The van der Waals surface area contributed by atoms with Crippen LogP contribution >= 0.6 is 11.6 Å². The van der Waals surface area contributed by atoms with Crippen molar-refractivity contribution in [3.63, 3.8) is 0 Å². The third-order valence-corrected chi connectivity index (χ3v) is 4.23. The Kier molecular flexibility index (Phi) is 5.38. The Morgan fingerprint density at radius 3 is 2.48 bits per heavy atom. The summed E-state index contributed by atoms with van der Waals surface area (Å²) in [7, 11) is 1.98. The normalized spacial score (nSPS) is 14.1. The van der Waals surface area contributed by atoms with Gasteiger partial charge in [-0.05, 0) is 41.8 Å². The van der Waals surface area contributed by atoms with Crippen LogP contribution in [0.25, 0.3) is 16.5 Å². The summed E-state index contributed by atoms with van der Waals surface area (Å²) >= 11 is 6.48. The molecule has 2 aromatic rings. The number of hydrogen-bond donors (Lipinski definition) is 1. The summed E-state index contributed by atoms with van der Waals surface area (Å²) in [5, 5.41) is 1.92. The first-order valence-electron chi connectivity index (χ1n) is 8.10. The van der Waals surface area contributed by atoms with E-state index in [4.69, 9.17) is 11.6 Å². The molecule has 122 valence electrons. The van der Waals surface area contributed by atoms with Crippen molar-refractivity contribution in [3.8, 4) is 0 Å². The summed E-state index contributed by atoms with van der Waals surface area (Å²) in [4.78, 5) is 5.47. The van der Waals surface area contributed by atoms with Gasteiger partial charge in [0.1, 0.15) is 0 Å². The number of hydrogen-bond acceptors (Lipinski definition) is 1. The first-order chi connectivity index (χ1) is 11.0. The van der Waals surface area contributed by atoms with E-state index in [0.29, 0.717) is 5.92 Å². The van der Waals surface area contributed by atoms with Gasteiger partial charge in [-0.15, -0.1) is 0 Å². The van der Waals surface area contributed by atoms with Gasteiger partial charge in [0.25, 0.3) is 0 Å². The fourth-order valence-electron chi connectivity index (χ4n) is 2.49. The number of halogens is 1. The van der Waals surface area contributed by atoms with Crippen LogP contribution in [0.4, 0.5) is 0 Å². The van der Waals surface area contributed by atoms with E-state index < -0.39 is 0 Å². The van der Waals surface area contributed by atoms with Gasteiger partial charge in [0.2, 0.25) is 0 Å². The lowest BCUT2D eigenvalue weighted by Crippen LogP contribution is -2.10. The Bertz CT molecular complexity index is 778. The average Bonchev–Trinajstić information content (AvgIpc) is 2.94. The minimum Gasteiger partial charge on any atom is -0.358 e. The number of aromatic amines is 1. The van der Waals surface area contributed by atoms with Gasteiger partial charge in [0.05, 0.1) is 0 Å². The van der Waals surface area contributed by atoms with Gasteiger partial charge in [-0.25, -0.2) is 0 Å². The molecule has 0 saturated carbocycles. The standard InChI is InChI=1S/C18H19ClN2.C2H6/c1-11(2)17-9-14-8-16(19)15(10-18(14)20-17)13-5-6-21(4)12(3)7-13;1-2/h5-11,20H,3H2,1-2,4H3;1-2H3. The van der Waals surface area contributed by atoms with Gasteiger partial charge in [-0.2, -0.15) is 0 Å². The first-order valence-corrected chi connectivity index (χ1v) is 8.47. The molecule has 1 aromatic heterocycles. The largest absolute Gasteiger partial charge is 0.358 e. The molecule has 1 aliphatic heterocycles. The molecule has 0 amide bonds. The number of fused-ring (bicyclic) bond motifs is 1. The molecule has 0 bridgehead atoms. The summed E-state index contributed by atoms with van der Waals surface area (Å²) in [6.45, 7) is 12.4. The van der Waals surface area contributed by atoms with Crippen molar-refractivity contribution in [2.75, 3.05) is 7.05 Å². The van der Waals surface area contributed by atoms with Gasteiger partial charge in [-0.1, -0.05) is 45.9 Å². The molecular formula is C20H25ClN2. The van der Waals surface area contributed by atoms with Crippen LogP contribution in [-0.4, -0.2) is 16.9 Å². The summed E-state index contributed by atoms with van der Waals surface area (Å²) in [5.41, 5.74) is 5.43. The predicted octanol–water partition coefficient (Wildman–Crippen LogP) is 6.33. The second kappa shape index (κ2) is 7.10. The van der Waals surface area contributed by atoms with Crippen LogP contribution in [0.15, 0.2) is 48.8 Å². The van der Waals surface area contributed by atoms with Crippen molar-refractivity contribution < 1.29 is 0 Å². The molecule has 0 aliphatic carbocycles. The molecule has 0 fully saturated rings. The van der Waals surface area contributed by atoms with E-state index in [2.05, 4.69) is 49.7 Å². The SMILES string of the molecule is C=C1C=C(c2cc3[nH]c(C(C)C)cc3cc2Cl)C=CN1C.CC. The van der Waals surface area contributed by atoms with Crippen LogP contribution in [0.2, 0.25) is 5.02 Å². The summed E-state index contributed by atoms with van der Waals surface area (Å²) in [5.74, 6) is 0.474. The van der Waals surface area contributed by atoms with Crippen LogP contribution in [0.5, 0.6) is 0 Å². The lowest BCUT2D eigenvalue weighted by atomic mass is 10.0. The second-order valence-corrected chi connectivity index (χ2v) is 6.22. The number of rotatable bonds is 2. The second-order valence-electron chi connectivity index (χ2n) is 5.82. The minimum absolute atomic E-state index is 0.474. The van der Waals surface area contributed by atoms with E-state index in [1.54, 1.807) is 0 Å². The molecule has 1 N–H and O–H groups in total. The molecule has 2 nitrogen and oxygen atoms in total. The van der Waals surface area contributed by atoms with Crippen molar-refractivity contribution in [2.45, 2.75) is 33.6 Å². The van der Waals surface area contributed by atoms with Gasteiger partial charge in [-0.3, -0.25) is 0 Å². The Balaban J connectivity index is 0.000000924. The van der Waals surface area contributed by atoms with Gasteiger partial charge in [0, 0.05) is 46.1 Å². The number of H-pyrrole nitrogens is 1. The first kappa shape index (κ1) is 17.4. The van der Waals surface area contributed by atoms with Gasteiger partial charge in [0.15, 0.2) is 0 Å². The maximum absolute atomic E-state index is 6.48. The summed E-state index contributed by atoms with van der Waals surface area (Å²) in [6.07, 6.45) is 6.12. The van der Waals surface area contributed by atoms with Crippen molar-refractivity contribution in [1.29, 1.82) is 0 Å². The molecule has 3 rings (SSSR count). The molecule has 1 aromatic carbocycles. The highest BCUT2D eigenvalue weighted by Crippen LogP contribution is 2.33. The van der Waals surface area contributed by atoms with Gasteiger partial charge < -0.3 is 9.88 Å². The number of nitrogens with zero attached hydrogens (tertiary/aromatic N) is 1. The molecule has 0 spiro atoms. The Morgan fingerprint density at radius 1 is 1.17 bits per heavy atom. The highest BCUT2D eigenvalue weighted by molar-refractivity contribution is 6.33. The van der Waals surface area contributed by atoms with E-state index in [0.717, 1.165) is 32.8 Å². The molecule has 3 heteroatoms. The maximum atomic E-state index is 6.48. The highest BCUT2D eigenvalue weighted by atomic mass is 35.5. The zero-order chi connectivity index (χ0) is 17.1. The number of allylic oxidation sites excluding steroid dienone is 3. The molecule has 0 radical (unpaired) electrons. The smallest absolute Gasteiger partial charge is 0.0491 e. The van der Waals surface area contributed by atoms with Gasteiger partial charge >= 0.3 is 0 Å². The Hall–Kier alpha value is -1.93. The van der Waals surface area contributed by atoms with E-state index in [-0.39, 0.29) is 0 Å². The predicted molar refractivity (Wildman–Crippen MR) is 103 cm³/mol. The van der Waals surface area contributed by atoms with Crippen molar-refractivity contribution in [1.82, 2.24) is 9.88 Å². The monoisotopic (exact) mass is 328 g/mol. The van der Waals surface area contributed by atoms with Crippen molar-refractivity contribution in [3.05, 3.63) is 65.1 Å². The van der Waals surface area contributed by atoms with E-state index in [9.17, 15) is 0 Å². The van der Waals surface area contributed by atoms with Crippen molar-refractivity contribution in [2.24, 2.45) is 0 Å². The maximum Gasteiger partial charge on any atom is 0.0491 e.